The molecular weight excluding hydrogens is 376 g/mol. The zero-order chi connectivity index (χ0) is 19.7. The van der Waals surface area contributed by atoms with Crippen molar-refractivity contribution in [3.63, 3.8) is 0 Å². The molecule has 1 saturated heterocycles. The molecule has 1 aromatic heterocycles. The number of ether oxygens (including phenoxy) is 2. The predicted molar refractivity (Wildman–Crippen MR) is 108 cm³/mol. The second kappa shape index (κ2) is 7.67. The van der Waals surface area contributed by atoms with Crippen LogP contribution in [-0.4, -0.2) is 30.9 Å². The Labute approximate surface area is 168 Å². The molecule has 0 N–H and O–H groups in total. The van der Waals surface area contributed by atoms with E-state index in [-0.39, 0.29) is 6.04 Å². The van der Waals surface area contributed by atoms with Gasteiger partial charge in [0.2, 0.25) is 0 Å². The third-order valence-corrected chi connectivity index (χ3v) is 5.61. The van der Waals surface area contributed by atoms with Crippen molar-refractivity contribution in [1.29, 1.82) is 5.26 Å². The van der Waals surface area contributed by atoms with Crippen molar-refractivity contribution in [2.75, 3.05) is 20.3 Å². The van der Waals surface area contributed by atoms with Gasteiger partial charge in [0.05, 0.1) is 34.8 Å². The Hall–Kier alpha value is -2.81. The van der Waals surface area contributed by atoms with Gasteiger partial charge in [0.15, 0.2) is 0 Å². The highest BCUT2D eigenvalue weighted by atomic mass is 35.5. The van der Waals surface area contributed by atoms with Crippen LogP contribution in [0.25, 0.3) is 22.0 Å². The summed E-state index contributed by atoms with van der Waals surface area (Å²) in [6.07, 6.45) is 3.82. The van der Waals surface area contributed by atoms with Gasteiger partial charge in [-0.1, -0.05) is 29.8 Å². The summed E-state index contributed by atoms with van der Waals surface area (Å²) < 4.78 is 12.5. The van der Waals surface area contributed by atoms with E-state index in [0.717, 1.165) is 34.9 Å². The average molecular weight is 395 g/mol. The molecule has 5 nitrogen and oxygen atoms in total. The highest BCUT2D eigenvalue weighted by Crippen LogP contribution is 2.40. The molecule has 4 rings (SSSR count). The minimum atomic E-state index is -0.459. The minimum Gasteiger partial charge on any atom is -0.465 e. The number of carbonyl (C=O) groups is 1. The van der Waals surface area contributed by atoms with Crippen LogP contribution in [0.2, 0.25) is 5.02 Å². The monoisotopic (exact) mass is 394 g/mol. The second-order valence-electron chi connectivity index (χ2n) is 6.80. The molecule has 2 heterocycles. The van der Waals surface area contributed by atoms with Crippen molar-refractivity contribution < 1.29 is 14.3 Å². The molecule has 2 aromatic carbocycles. The summed E-state index contributed by atoms with van der Waals surface area (Å²) in [5.41, 5.74) is 3.68. The first kappa shape index (κ1) is 18.5. The number of methoxy groups -OCH3 is 1. The van der Waals surface area contributed by atoms with Crippen LogP contribution in [0, 0.1) is 11.3 Å². The van der Waals surface area contributed by atoms with E-state index < -0.39 is 5.97 Å². The lowest BCUT2D eigenvalue weighted by Gasteiger charge is -2.25. The van der Waals surface area contributed by atoms with Crippen molar-refractivity contribution in [2.24, 2.45) is 0 Å². The number of esters is 1. The molecule has 1 aliphatic heterocycles. The van der Waals surface area contributed by atoms with Gasteiger partial charge in [-0.15, -0.1) is 0 Å². The van der Waals surface area contributed by atoms with Crippen molar-refractivity contribution in [2.45, 2.75) is 18.9 Å². The van der Waals surface area contributed by atoms with Gasteiger partial charge in [0.1, 0.15) is 0 Å². The summed E-state index contributed by atoms with van der Waals surface area (Å²) in [6, 6.07) is 13.5. The van der Waals surface area contributed by atoms with Gasteiger partial charge >= 0.3 is 5.97 Å². The molecular formula is C22H19ClN2O3. The van der Waals surface area contributed by atoms with Crippen LogP contribution in [0.5, 0.6) is 0 Å². The molecule has 0 atom stereocenters. The van der Waals surface area contributed by atoms with Crippen LogP contribution in [0.15, 0.2) is 42.6 Å². The predicted octanol–water partition coefficient (Wildman–Crippen LogP) is 4.97. The molecule has 142 valence electrons. The van der Waals surface area contributed by atoms with Gasteiger partial charge in [-0.3, -0.25) is 0 Å². The van der Waals surface area contributed by atoms with E-state index in [0.29, 0.717) is 29.4 Å². The smallest absolute Gasteiger partial charge is 0.339 e. The summed E-state index contributed by atoms with van der Waals surface area (Å²) in [5, 5.41) is 10.6. The minimum absolute atomic E-state index is 0.231. The standard InChI is InChI=1S/C22H19ClN2O3/c1-27-22(26)18-6-5-17-19(15-4-2-3-14(11-15)12-24)13-25(21(17)20(18)23)16-7-9-28-10-8-16/h2-6,11,13,16H,7-10H2,1H3. The number of benzene rings is 2. The summed E-state index contributed by atoms with van der Waals surface area (Å²) in [6.45, 7) is 1.38. The Morgan fingerprint density at radius 1 is 1.29 bits per heavy atom. The molecule has 1 fully saturated rings. The Bertz CT molecular complexity index is 1090. The van der Waals surface area contributed by atoms with Gasteiger partial charge in [-0.05, 0) is 36.6 Å². The first-order chi connectivity index (χ1) is 13.6. The quantitative estimate of drug-likeness (QED) is 0.588. The van der Waals surface area contributed by atoms with Gasteiger partial charge in [-0.2, -0.15) is 5.26 Å². The van der Waals surface area contributed by atoms with Crippen molar-refractivity contribution in [3.05, 3.63) is 58.7 Å². The van der Waals surface area contributed by atoms with Gasteiger partial charge in [-0.25, -0.2) is 4.79 Å². The fourth-order valence-electron chi connectivity index (χ4n) is 3.81. The number of rotatable bonds is 3. The molecule has 0 spiro atoms. The second-order valence-corrected chi connectivity index (χ2v) is 7.18. The molecule has 6 heteroatoms. The van der Waals surface area contributed by atoms with Crippen LogP contribution in [-0.2, 0) is 9.47 Å². The van der Waals surface area contributed by atoms with E-state index in [9.17, 15) is 10.1 Å². The Morgan fingerprint density at radius 2 is 2.07 bits per heavy atom. The van der Waals surface area contributed by atoms with Gasteiger partial charge in [0.25, 0.3) is 0 Å². The Balaban J connectivity index is 1.97. The molecule has 28 heavy (non-hydrogen) atoms. The van der Waals surface area contributed by atoms with E-state index in [4.69, 9.17) is 21.1 Å². The van der Waals surface area contributed by atoms with Crippen molar-refractivity contribution in [3.8, 4) is 17.2 Å². The first-order valence-electron chi connectivity index (χ1n) is 9.13. The fourth-order valence-corrected chi connectivity index (χ4v) is 4.15. The van der Waals surface area contributed by atoms with Crippen LogP contribution in [0.4, 0.5) is 0 Å². The molecule has 0 amide bonds. The van der Waals surface area contributed by atoms with E-state index in [2.05, 4.69) is 16.8 Å². The number of hydrogen-bond acceptors (Lipinski definition) is 4. The lowest BCUT2D eigenvalue weighted by atomic mass is 10.0. The summed E-state index contributed by atoms with van der Waals surface area (Å²) in [7, 11) is 1.35. The molecule has 0 aliphatic carbocycles. The number of fused-ring (bicyclic) bond motifs is 1. The molecule has 1 aliphatic rings. The molecule has 0 unspecified atom stereocenters. The van der Waals surface area contributed by atoms with Crippen LogP contribution in [0.3, 0.4) is 0 Å². The first-order valence-corrected chi connectivity index (χ1v) is 9.51. The van der Waals surface area contributed by atoms with Crippen molar-refractivity contribution >= 4 is 28.5 Å². The molecule has 0 bridgehead atoms. The Morgan fingerprint density at radius 3 is 2.79 bits per heavy atom. The maximum absolute atomic E-state index is 12.2. The van der Waals surface area contributed by atoms with Gasteiger partial charge < -0.3 is 14.0 Å². The number of halogens is 1. The topological polar surface area (TPSA) is 64.2 Å². The van der Waals surface area contributed by atoms with Crippen LogP contribution >= 0.6 is 11.6 Å². The highest BCUT2D eigenvalue weighted by molar-refractivity contribution is 6.38. The van der Waals surface area contributed by atoms with E-state index >= 15 is 0 Å². The summed E-state index contributed by atoms with van der Waals surface area (Å²) in [4.78, 5) is 12.2. The van der Waals surface area contributed by atoms with E-state index in [1.807, 2.05) is 24.3 Å². The lowest BCUT2D eigenvalue weighted by Crippen LogP contribution is -2.19. The molecule has 0 saturated carbocycles. The zero-order valence-corrected chi connectivity index (χ0v) is 16.2. The number of hydrogen-bond donors (Lipinski definition) is 0. The summed E-state index contributed by atoms with van der Waals surface area (Å²) in [5.74, 6) is -0.459. The van der Waals surface area contributed by atoms with Crippen molar-refractivity contribution in [1.82, 2.24) is 4.57 Å². The lowest BCUT2D eigenvalue weighted by molar-refractivity contribution is 0.0600. The van der Waals surface area contributed by atoms with E-state index in [1.54, 1.807) is 12.1 Å². The zero-order valence-electron chi connectivity index (χ0n) is 15.4. The third-order valence-electron chi connectivity index (χ3n) is 5.22. The number of nitriles is 1. The third kappa shape index (κ3) is 3.15. The Kier molecular flexibility index (Phi) is 5.08. The maximum atomic E-state index is 12.2. The van der Waals surface area contributed by atoms with Gasteiger partial charge in [0, 0.05) is 36.4 Å². The normalized spacial score (nSPS) is 14.8. The molecule has 0 radical (unpaired) electrons. The van der Waals surface area contributed by atoms with E-state index in [1.165, 1.54) is 7.11 Å². The highest BCUT2D eigenvalue weighted by Gasteiger charge is 2.24. The molecule has 3 aromatic rings. The van der Waals surface area contributed by atoms with Crippen LogP contribution < -0.4 is 0 Å². The number of carbonyl (C=O) groups excluding carboxylic acids is 1. The average Bonchev–Trinajstić information content (AvgIpc) is 3.15. The fraction of sp³-hybridized carbons (Fsp3) is 0.273. The summed E-state index contributed by atoms with van der Waals surface area (Å²) >= 11 is 6.69. The van der Waals surface area contributed by atoms with Crippen LogP contribution in [0.1, 0.15) is 34.8 Å². The number of nitrogens with zero attached hydrogens (tertiary/aromatic N) is 2. The largest absolute Gasteiger partial charge is 0.465 e. The SMILES string of the molecule is COC(=O)c1ccc2c(-c3cccc(C#N)c3)cn(C3CCOCC3)c2c1Cl. The number of aromatic nitrogens is 1. The maximum Gasteiger partial charge on any atom is 0.339 e.